The van der Waals surface area contributed by atoms with Gasteiger partial charge >= 0.3 is 5.97 Å². The number of carbonyl (C=O) groups is 2. The highest BCUT2D eigenvalue weighted by molar-refractivity contribution is 5.80. The zero-order chi connectivity index (χ0) is 12.8. The smallest absolute Gasteiger partial charge is 0.304 e. The first-order chi connectivity index (χ1) is 8.04. The van der Waals surface area contributed by atoms with Crippen LogP contribution in [-0.2, 0) is 9.59 Å². The molecule has 1 aliphatic rings. The quantitative estimate of drug-likeness (QED) is 0.662. The van der Waals surface area contributed by atoms with Crippen molar-refractivity contribution in [3.8, 4) is 0 Å². The maximum absolute atomic E-state index is 11.5. The Hall–Kier alpha value is -1.14. The number of amides is 1. The second kappa shape index (κ2) is 6.56. The molecule has 1 heterocycles. The van der Waals surface area contributed by atoms with E-state index in [2.05, 4.69) is 15.1 Å². The Morgan fingerprint density at radius 1 is 1.29 bits per heavy atom. The average Bonchev–Trinajstić information content (AvgIpc) is 2.35. The number of piperazine rings is 1. The molecule has 1 atom stereocenters. The van der Waals surface area contributed by atoms with Gasteiger partial charge in [0, 0.05) is 39.8 Å². The third-order valence-corrected chi connectivity index (χ3v) is 3.22. The number of carboxylic acids is 1. The van der Waals surface area contributed by atoms with Crippen molar-refractivity contribution >= 4 is 11.9 Å². The average molecular weight is 243 g/mol. The number of likely N-dealkylation sites (N-methyl/N-ethyl adjacent to an activating group) is 1. The summed E-state index contributed by atoms with van der Waals surface area (Å²) in [5.41, 5.74) is 0. The molecule has 0 aliphatic carbocycles. The van der Waals surface area contributed by atoms with Crippen LogP contribution < -0.4 is 5.32 Å². The van der Waals surface area contributed by atoms with Crippen LogP contribution in [0.25, 0.3) is 0 Å². The molecular weight excluding hydrogens is 222 g/mol. The number of nitrogens with zero attached hydrogens (tertiary/aromatic N) is 2. The van der Waals surface area contributed by atoms with E-state index < -0.39 is 5.97 Å². The van der Waals surface area contributed by atoms with Gasteiger partial charge in [-0.3, -0.25) is 14.5 Å². The number of hydrogen-bond donors (Lipinski definition) is 2. The Morgan fingerprint density at radius 2 is 1.88 bits per heavy atom. The summed E-state index contributed by atoms with van der Waals surface area (Å²) in [6.45, 7) is 5.77. The van der Waals surface area contributed by atoms with Crippen molar-refractivity contribution in [3.63, 3.8) is 0 Å². The van der Waals surface area contributed by atoms with E-state index in [1.807, 2.05) is 6.92 Å². The van der Waals surface area contributed by atoms with Crippen LogP contribution in [-0.4, -0.2) is 72.6 Å². The molecule has 0 aromatic heterocycles. The van der Waals surface area contributed by atoms with Crippen LogP contribution in [0, 0.1) is 0 Å². The first-order valence-corrected chi connectivity index (χ1v) is 5.94. The fraction of sp³-hybridized carbons (Fsp3) is 0.818. The summed E-state index contributed by atoms with van der Waals surface area (Å²) >= 11 is 0. The van der Waals surface area contributed by atoms with Gasteiger partial charge in [0.2, 0.25) is 5.91 Å². The number of carbonyl (C=O) groups excluding carboxylic acids is 1. The zero-order valence-corrected chi connectivity index (χ0v) is 10.5. The molecular formula is C11H21N3O3. The molecule has 0 spiro atoms. The largest absolute Gasteiger partial charge is 0.481 e. The van der Waals surface area contributed by atoms with E-state index in [4.69, 9.17) is 5.11 Å². The minimum atomic E-state index is -0.758. The molecule has 1 unspecified atom stereocenters. The lowest BCUT2D eigenvalue weighted by Crippen LogP contribution is -2.53. The maximum Gasteiger partial charge on any atom is 0.304 e. The first-order valence-electron chi connectivity index (χ1n) is 5.94. The van der Waals surface area contributed by atoms with Crippen LogP contribution >= 0.6 is 0 Å². The zero-order valence-electron chi connectivity index (χ0n) is 10.5. The van der Waals surface area contributed by atoms with Gasteiger partial charge in [-0.25, -0.2) is 0 Å². The predicted octanol–water partition coefficient (Wildman–Crippen LogP) is -0.787. The summed E-state index contributed by atoms with van der Waals surface area (Å²) in [6.07, 6.45) is 0.186. The number of hydrogen-bond acceptors (Lipinski definition) is 4. The highest BCUT2D eigenvalue weighted by Gasteiger charge is 2.24. The highest BCUT2D eigenvalue weighted by Crippen LogP contribution is 2.06. The van der Waals surface area contributed by atoms with Gasteiger partial charge in [-0.15, -0.1) is 0 Å². The van der Waals surface area contributed by atoms with E-state index in [9.17, 15) is 9.59 Å². The van der Waals surface area contributed by atoms with E-state index >= 15 is 0 Å². The molecule has 1 fully saturated rings. The molecule has 0 saturated carbocycles. The highest BCUT2D eigenvalue weighted by atomic mass is 16.4. The van der Waals surface area contributed by atoms with Crippen LogP contribution in [0.2, 0.25) is 0 Å². The number of aliphatic carboxylic acids is 1. The topological polar surface area (TPSA) is 72.9 Å². The Kier molecular flexibility index (Phi) is 5.37. The Morgan fingerprint density at radius 3 is 2.35 bits per heavy atom. The number of carboxylic acid groups (broad SMARTS) is 1. The van der Waals surface area contributed by atoms with Gasteiger partial charge in [0.15, 0.2) is 0 Å². The van der Waals surface area contributed by atoms with Gasteiger partial charge in [-0.1, -0.05) is 0 Å². The fourth-order valence-electron chi connectivity index (χ4n) is 2.00. The van der Waals surface area contributed by atoms with Crippen molar-refractivity contribution in [1.29, 1.82) is 0 Å². The molecule has 0 aromatic rings. The van der Waals surface area contributed by atoms with Crippen LogP contribution in [0.5, 0.6) is 0 Å². The van der Waals surface area contributed by atoms with Crippen molar-refractivity contribution in [2.45, 2.75) is 19.4 Å². The monoisotopic (exact) mass is 243 g/mol. The fourth-order valence-corrected chi connectivity index (χ4v) is 2.00. The molecule has 1 aliphatic heterocycles. The van der Waals surface area contributed by atoms with Crippen LogP contribution in [0.4, 0.5) is 0 Å². The van der Waals surface area contributed by atoms with Crippen molar-refractivity contribution in [1.82, 2.24) is 15.1 Å². The van der Waals surface area contributed by atoms with Gasteiger partial charge in [0.25, 0.3) is 0 Å². The van der Waals surface area contributed by atoms with Gasteiger partial charge < -0.3 is 15.3 Å². The van der Waals surface area contributed by atoms with E-state index in [0.29, 0.717) is 6.54 Å². The minimum absolute atomic E-state index is 0.0315. The van der Waals surface area contributed by atoms with E-state index in [-0.39, 0.29) is 18.4 Å². The predicted molar refractivity (Wildman–Crippen MR) is 63.8 cm³/mol. The molecule has 0 radical (unpaired) electrons. The second-order valence-corrected chi connectivity index (χ2v) is 4.31. The van der Waals surface area contributed by atoms with Crippen molar-refractivity contribution in [2.75, 3.05) is 39.8 Å². The van der Waals surface area contributed by atoms with Crippen molar-refractivity contribution in [2.24, 2.45) is 0 Å². The summed E-state index contributed by atoms with van der Waals surface area (Å²) in [7, 11) is 1.64. The Balaban J connectivity index is 2.30. The lowest BCUT2D eigenvalue weighted by molar-refractivity contribution is -0.137. The number of rotatable bonds is 5. The molecule has 98 valence electrons. The lowest BCUT2D eigenvalue weighted by Gasteiger charge is -2.37. The summed E-state index contributed by atoms with van der Waals surface area (Å²) in [5, 5.41) is 11.2. The molecule has 0 aromatic carbocycles. The van der Waals surface area contributed by atoms with Crippen molar-refractivity contribution < 1.29 is 14.7 Å². The second-order valence-electron chi connectivity index (χ2n) is 4.31. The van der Waals surface area contributed by atoms with Gasteiger partial charge in [0.05, 0.1) is 12.5 Å². The summed E-state index contributed by atoms with van der Waals surface area (Å²) in [4.78, 5) is 26.2. The summed E-state index contributed by atoms with van der Waals surface area (Å²) in [5.74, 6) is -0.727. The van der Waals surface area contributed by atoms with Crippen LogP contribution in [0.1, 0.15) is 13.3 Å². The van der Waals surface area contributed by atoms with E-state index in [0.717, 1.165) is 26.2 Å². The molecule has 1 amide bonds. The van der Waals surface area contributed by atoms with E-state index in [1.165, 1.54) is 0 Å². The lowest BCUT2D eigenvalue weighted by atomic mass is 10.2. The maximum atomic E-state index is 11.5. The Labute approximate surface area is 102 Å². The van der Waals surface area contributed by atoms with Gasteiger partial charge in [-0.2, -0.15) is 0 Å². The third-order valence-electron chi connectivity index (χ3n) is 3.22. The third kappa shape index (κ3) is 4.32. The molecule has 6 heteroatoms. The summed E-state index contributed by atoms with van der Waals surface area (Å²) in [6, 6.07) is -0.110. The minimum Gasteiger partial charge on any atom is -0.481 e. The molecule has 2 N–H and O–H groups in total. The molecule has 6 nitrogen and oxygen atoms in total. The molecule has 1 rings (SSSR count). The van der Waals surface area contributed by atoms with E-state index in [1.54, 1.807) is 7.05 Å². The Bertz CT molecular complexity index is 275. The molecule has 17 heavy (non-hydrogen) atoms. The van der Waals surface area contributed by atoms with Gasteiger partial charge in [-0.05, 0) is 6.92 Å². The van der Waals surface area contributed by atoms with Crippen molar-refractivity contribution in [3.05, 3.63) is 0 Å². The van der Waals surface area contributed by atoms with Crippen LogP contribution in [0.15, 0.2) is 0 Å². The molecule has 1 saturated heterocycles. The first kappa shape index (κ1) is 13.9. The SMILES string of the molecule is CNC(=O)C(C)N1CCN(CCC(=O)O)CC1. The van der Waals surface area contributed by atoms with Crippen LogP contribution in [0.3, 0.4) is 0 Å². The number of nitrogens with one attached hydrogen (secondary N) is 1. The molecule has 0 bridgehead atoms. The normalized spacial score (nSPS) is 19.9. The summed E-state index contributed by atoms with van der Waals surface area (Å²) < 4.78 is 0. The standard InChI is InChI=1S/C11H21N3O3/c1-9(11(17)12-2)14-7-5-13(6-8-14)4-3-10(15)16/h9H,3-8H2,1-2H3,(H,12,17)(H,15,16). The van der Waals surface area contributed by atoms with Gasteiger partial charge in [0.1, 0.15) is 0 Å².